The van der Waals surface area contributed by atoms with Crippen LogP contribution < -0.4 is 10.6 Å². The number of nitrogens with one attached hydrogen (secondary N) is 4. The van der Waals surface area contributed by atoms with E-state index in [0.717, 1.165) is 71.4 Å². The molecule has 4 aromatic rings. The number of imidazole rings is 1. The molecule has 8 aliphatic rings. The second-order valence-corrected chi connectivity index (χ2v) is 16.0. The molecule has 12 rings (SSSR count). The van der Waals surface area contributed by atoms with Gasteiger partial charge in [-0.05, 0) is 153 Å². The lowest BCUT2D eigenvalue weighted by Crippen LogP contribution is -2.60. The second kappa shape index (κ2) is 8.95. The number of nitrogens with zero attached hydrogens (tertiary/aromatic N) is 1. The van der Waals surface area contributed by atoms with Crippen LogP contribution in [-0.2, 0) is 13.1 Å². The van der Waals surface area contributed by atoms with Crippen LogP contribution in [0.15, 0.2) is 48.5 Å². The van der Waals surface area contributed by atoms with Crippen LogP contribution in [0.5, 0.6) is 0 Å². The van der Waals surface area contributed by atoms with Crippen molar-refractivity contribution in [2.75, 3.05) is 0 Å². The minimum atomic E-state index is 0.292. The predicted octanol–water partition coefficient (Wildman–Crippen LogP) is 7.55. The Hall–Kier alpha value is -2.63. The lowest BCUT2D eigenvalue weighted by atomic mass is 9.48. The number of fused-ring (bicyclic) bond motifs is 2. The third-order valence-corrected chi connectivity index (χ3v) is 13.1. The summed E-state index contributed by atoms with van der Waals surface area (Å²) in [5, 5.41) is 9.60. The van der Waals surface area contributed by atoms with Gasteiger partial charge in [-0.25, -0.2) is 4.98 Å². The van der Waals surface area contributed by atoms with E-state index < -0.39 is 0 Å². The molecule has 2 aromatic carbocycles. The van der Waals surface area contributed by atoms with E-state index in [4.69, 9.17) is 4.98 Å². The van der Waals surface area contributed by atoms with E-state index in [0.29, 0.717) is 11.1 Å². The monoisotopic (exact) mass is 559 g/mol. The molecule has 2 unspecified atom stereocenters. The summed E-state index contributed by atoms with van der Waals surface area (Å²) in [6, 6.07) is 18.3. The van der Waals surface area contributed by atoms with Crippen LogP contribution in [-0.4, -0.2) is 26.0 Å². The largest absolute Gasteiger partial charge is 0.357 e. The second-order valence-electron chi connectivity index (χ2n) is 16.0. The van der Waals surface area contributed by atoms with Crippen LogP contribution in [0.2, 0.25) is 0 Å². The molecule has 0 aliphatic heterocycles. The van der Waals surface area contributed by atoms with E-state index in [1.165, 1.54) is 87.2 Å². The summed E-state index contributed by atoms with van der Waals surface area (Å²) in [6.07, 6.45) is 15.6. The third kappa shape index (κ3) is 3.99. The zero-order chi connectivity index (χ0) is 27.5. The Morgan fingerprint density at radius 1 is 0.667 bits per heavy atom. The molecule has 8 aliphatic carbocycles. The normalized spacial score (nSPS) is 39.7. The topological polar surface area (TPSA) is 68.5 Å². The Labute approximate surface area is 249 Å². The number of rotatable bonds is 7. The fourth-order valence-corrected chi connectivity index (χ4v) is 12.3. The molecule has 5 heteroatoms. The van der Waals surface area contributed by atoms with Crippen LogP contribution in [0.4, 0.5) is 0 Å². The molecule has 218 valence electrons. The summed E-state index contributed by atoms with van der Waals surface area (Å²) < 4.78 is 0. The van der Waals surface area contributed by atoms with Crippen molar-refractivity contribution in [1.82, 2.24) is 25.6 Å². The van der Waals surface area contributed by atoms with Gasteiger partial charge < -0.3 is 20.6 Å². The molecule has 8 saturated carbocycles. The Balaban J connectivity index is 0.850. The Morgan fingerprint density at radius 3 is 2.07 bits per heavy atom. The standard InChI is InChI=1S/C37H45N5/c1-2-4-33-32(3-1)41-34(42-33)21-39-37-17-25-10-28(18-37)35(29(11-25)19-37)26-5-6-31-27(12-26)13-30(40-31)20-38-36-14-22-7-23(15-36)9-24(8-22)16-36/h1-6,12-13,22-25,28-29,35,38-40H,7-11,14-21H2,(H,41,42). The molecule has 8 fully saturated rings. The van der Waals surface area contributed by atoms with Gasteiger partial charge in [0.2, 0.25) is 0 Å². The van der Waals surface area contributed by atoms with Gasteiger partial charge in [0.25, 0.3) is 0 Å². The summed E-state index contributed by atoms with van der Waals surface area (Å²) in [5.74, 6) is 7.27. The molecule has 4 N–H and O–H groups in total. The zero-order valence-corrected chi connectivity index (χ0v) is 24.8. The van der Waals surface area contributed by atoms with Crippen molar-refractivity contribution in [2.45, 2.75) is 101 Å². The van der Waals surface area contributed by atoms with E-state index in [-0.39, 0.29) is 0 Å². The van der Waals surface area contributed by atoms with E-state index in [1.807, 2.05) is 0 Å². The summed E-state index contributed by atoms with van der Waals surface area (Å²) in [4.78, 5) is 12.2. The number of para-hydroxylation sites is 2. The highest BCUT2D eigenvalue weighted by atomic mass is 15.1. The van der Waals surface area contributed by atoms with E-state index in [1.54, 1.807) is 5.56 Å². The Kier molecular flexibility index (Phi) is 5.28. The highest BCUT2D eigenvalue weighted by molar-refractivity contribution is 5.81. The smallest absolute Gasteiger partial charge is 0.121 e. The molecule has 0 saturated heterocycles. The summed E-state index contributed by atoms with van der Waals surface area (Å²) >= 11 is 0. The molecule has 8 bridgehead atoms. The highest BCUT2D eigenvalue weighted by Crippen LogP contribution is 2.61. The van der Waals surface area contributed by atoms with E-state index in [9.17, 15) is 0 Å². The number of H-pyrrole nitrogens is 2. The summed E-state index contributed by atoms with van der Waals surface area (Å²) in [7, 11) is 0. The molecule has 0 radical (unpaired) electrons. The molecule has 5 nitrogen and oxygen atoms in total. The fraction of sp³-hybridized carbons (Fsp3) is 0.595. The quantitative estimate of drug-likeness (QED) is 0.189. The van der Waals surface area contributed by atoms with Crippen molar-refractivity contribution in [3.05, 3.63) is 65.6 Å². The number of hydrogen-bond acceptors (Lipinski definition) is 3. The molecule has 2 aromatic heterocycles. The predicted molar refractivity (Wildman–Crippen MR) is 168 cm³/mol. The maximum Gasteiger partial charge on any atom is 0.121 e. The molecular weight excluding hydrogens is 514 g/mol. The van der Waals surface area contributed by atoms with E-state index in [2.05, 4.69) is 69.1 Å². The van der Waals surface area contributed by atoms with Gasteiger partial charge in [-0.3, -0.25) is 0 Å². The lowest BCUT2D eigenvalue weighted by molar-refractivity contribution is -0.0393. The van der Waals surface area contributed by atoms with Crippen molar-refractivity contribution in [1.29, 1.82) is 0 Å². The van der Waals surface area contributed by atoms with Crippen molar-refractivity contribution >= 4 is 21.9 Å². The first kappa shape index (κ1) is 24.8. The molecule has 0 spiro atoms. The Bertz CT molecular complexity index is 1580. The highest BCUT2D eigenvalue weighted by Gasteiger charge is 2.55. The van der Waals surface area contributed by atoms with Gasteiger partial charge in [0.1, 0.15) is 5.82 Å². The first-order chi connectivity index (χ1) is 20.6. The molecule has 2 atom stereocenters. The van der Waals surface area contributed by atoms with Gasteiger partial charge in [-0.2, -0.15) is 0 Å². The minimum Gasteiger partial charge on any atom is -0.357 e. The number of aromatic nitrogens is 3. The summed E-state index contributed by atoms with van der Waals surface area (Å²) in [5.41, 5.74) is 7.22. The molecular formula is C37H45N5. The van der Waals surface area contributed by atoms with Crippen molar-refractivity contribution in [2.24, 2.45) is 35.5 Å². The SMILES string of the molecule is c1ccc2[nH]c(CNC34CC5CC(C3)C(c3ccc6[nH]c(CNC78CC9CC(CC(C9)C7)C8)cc6c3)C(C5)C4)nc2c1. The molecule has 0 amide bonds. The van der Waals surface area contributed by atoms with Crippen molar-refractivity contribution in [3.63, 3.8) is 0 Å². The molecule has 42 heavy (non-hydrogen) atoms. The van der Waals surface area contributed by atoms with Crippen LogP contribution in [0, 0.1) is 35.5 Å². The van der Waals surface area contributed by atoms with Gasteiger partial charge in [-0.1, -0.05) is 18.2 Å². The maximum atomic E-state index is 4.86. The average Bonchev–Trinajstić information content (AvgIpc) is 3.57. The zero-order valence-electron chi connectivity index (χ0n) is 24.8. The van der Waals surface area contributed by atoms with Gasteiger partial charge >= 0.3 is 0 Å². The van der Waals surface area contributed by atoms with Crippen molar-refractivity contribution in [3.8, 4) is 0 Å². The van der Waals surface area contributed by atoms with Gasteiger partial charge in [0, 0.05) is 28.8 Å². The minimum absolute atomic E-state index is 0.292. The van der Waals surface area contributed by atoms with Crippen LogP contribution in [0.1, 0.15) is 93.6 Å². The van der Waals surface area contributed by atoms with E-state index >= 15 is 0 Å². The fourth-order valence-electron chi connectivity index (χ4n) is 12.3. The first-order valence-electron chi connectivity index (χ1n) is 17.1. The average molecular weight is 560 g/mol. The van der Waals surface area contributed by atoms with Crippen LogP contribution in [0.25, 0.3) is 21.9 Å². The number of hydrogen-bond donors (Lipinski definition) is 4. The number of aromatic amines is 2. The first-order valence-corrected chi connectivity index (χ1v) is 17.1. The van der Waals surface area contributed by atoms with Crippen molar-refractivity contribution < 1.29 is 0 Å². The van der Waals surface area contributed by atoms with Gasteiger partial charge in [0.05, 0.1) is 17.6 Å². The third-order valence-electron chi connectivity index (χ3n) is 13.1. The van der Waals surface area contributed by atoms with Gasteiger partial charge in [0.15, 0.2) is 0 Å². The van der Waals surface area contributed by atoms with Crippen LogP contribution in [0.3, 0.4) is 0 Å². The van der Waals surface area contributed by atoms with Crippen LogP contribution >= 0.6 is 0 Å². The maximum absolute atomic E-state index is 4.86. The lowest BCUT2D eigenvalue weighted by Gasteiger charge is -2.60. The molecule has 2 heterocycles. The number of benzene rings is 2. The summed E-state index contributed by atoms with van der Waals surface area (Å²) in [6.45, 7) is 1.84. The van der Waals surface area contributed by atoms with Gasteiger partial charge in [-0.15, -0.1) is 0 Å². The Morgan fingerprint density at radius 2 is 1.33 bits per heavy atom.